The molecular formula is C14H21BrN4O. The van der Waals surface area contributed by atoms with E-state index in [1.807, 2.05) is 20.8 Å². The van der Waals surface area contributed by atoms with Gasteiger partial charge in [-0.1, -0.05) is 15.9 Å². The molecule has 20 heavy (non-hydrogen) atoms. The molecule has 0 atom stereocenters. The van der Waals surface area contributed by atoms with Gasteiger partial charge in [-0.2, -0.15) is 4.98 Å². The summed E-state index contributed by atoms with van der Waals surface area (Å²) in [5, 5.41) is 3.18. The third-order valence-corrected chi connectivity index (χ3v) is 3.58. The molecule has 1 aliphatic rings. The first-order valence-corrected chi connectivity index (χ1v) is 7.76. The van der Waals surface area contributed by atoms with Crippen LogP contribution in [-0.2, 0) is 4.74 Å². The van der Waals surface area contributed by atoms with Crippen LogP contribution in [0, 0.1) is 6.92 Å². The molecule has 0 bridgehead atoms. The van der Waals surface area contributed by atoms with Gasteiger partial charge in [0.1, 0.15) is 5.82 Å². The Morgan fingerprint density at radius 1 is 1.40 bits per heavy atom. The lowest BCUT2D eigenvalue weighted by Crippen LogP contribution is -2.32. The number of halogens is 1. The molecule has 1 N–H and O–H groups in total. The predicted octanol–water partition coefficient (Wildman–Crippen LogP) is 2.81. The van der Waals surface area contributed by atoms with E-state index in [1.54, 1.807) is 0 Å². The second-order valence-electron chi connectivity index (χ2n) is 4.61. The molecule has 0 amide bonds. The molecule has 110 valence electrons. The van der Waals surface area contributed by atoms with Crippen molar-refractivity contribution in [3.63, 3.8) is 0 Å². The fourth-order valence-corrected chi connectivity index (χ4v) is 2.71. The van der Waals surface area contributed by atoms with Crippen molar-refractivity contribution in [2.75, 3.05) is 43.1 Å². The number of rotatable bonds is 6. The Hall–Kier alpha value is -1.14. The number of aromatic nitrogens is 2. The Balaban J connectivity index is 2.30. The lowest BCUT2D eigenvalue weighted by molar-refractivity contribution is 0.154. The van der Waals surface area contributed by atoms with E-state index >= 15 is 0 Å². The van der Waals surface area contributed by atoms with E-state index < -0.39 is 0 Å². The van der Waals surface area contributed by atoms with E-state index in [4.69, 9.17) is 4.74 Å². The van der Waals surface area contributed by atoms with Crippen molar-refractivity contribution in [1.29, 1.82) is 0 Å². The van der Waals surface area contributed by atoms with Gasteiger partial charge < -0.3 is 15.0 Å². The van der Waals surface area contributed by atoms with E-state index in [-0.39, 0.29) is 0 Å². The van der Waals surface area contributed by atoms with E-state index in [0.29, 0.717) is 12.6 Å². The number of hydrogen-bond acceptors (Lipinski definition) is 5. The molecule has 1 aromatic heterocycles. The predicted molar refractivity (Wildman–Crippen MR) is 86.5 cm³/mol. The molecule has 0 unspecified atom stereocenters. The van der Waals surface area contributed by atoms with Gasteiger partial charge in [0.25, 0.3) is 0 Å². The molecule has 0 aromatic carbocycles. The zero-order valence-corrected chi connectivity index (χ0v) is 13.8. The van der Waals surface area contributed by atoms with Crippen LogP contribution in [-0.4, -0.2) is 42.8 Å². The second kappa shape index (κ2) is 7.04. The SMILES string of the molecule is CCNc1nc(C)c2c(n1)N(CCOCC)CC(Br)=C2. The topological polar surface area (TPSA) is 50.3 Å². The number of ether oxygens (including phenoxy) is 1. The molecule has 2 heterocycles. The zero-order chi connectivity index (χ0) is 14.5. The molecule has 1 aliphatic heterocycles. The Labute approximate surface area is 128 Å². The number of nitrogens with zero attached hydrogens (tertiary/aromatic N) is 3. The van der Waals surface area contributed by atoms with E-state index in [2.05, 4.69) is 42.2 Å². The monoisotopic (exact) mass is 340 g/mol. The Morgan fingerprint density at radius 2 is 2.20 bits per heavy atom. The van der Waals surface area contributed by atoms with Crippen LogP contribution in [0.4, 0.5) is 11.8 Å². The molecule has 2 rings (SSSR count). The highest BCUT2D eigenvalue weighted by Gasteiger charge is 2.21. The number of anilines is 2. The first-order valence-electron chi connectivity index (χ1n) is 6.97. The molecule has 0 spiro atoms. The van der Waals surface area contributed by atoms with Gasteiger partial charge in [0.15, 0.2) is 0 Å². The summed E-state index contributed by atoms with van der Waals surface area (Å²) in [7, 11) is 0. The van der Waals surface area contributed by atoms with Crippen molar-refractivity contribution in [2.24, 2.45) is 0 Å². The first kappa shape index (κ1) is 15.3. The zero-order valence-electron chi connectivity index (χ0n) is 12.2. The lowest BCUT2D eigenvalue weighted by Gasteiger charge is -2.29. The van der Waals surface area contributed by atoms with E-state index in [1.165, 1.54) is 0 Å². The number of fused-ring (bicyclic) bond motifs is 1. The van der Waals surface area contributed by atoms with Crippen molar-refractivity contribution in [2.45, 2.75) is 20.8 Å². The Bertz CT molecular complexity index is 504. The van der Waals surface area contributed by atoms with Crippen LogP contribution in [0.1, 0.15) is 25.1 Å². The van der Waals surface area contributed by atoms with Crippen molar-refractivity contribution >= 4 is 33.8 Å². The van der Waals surface area contributed by atoms with Gasteiger partial charge in [-0.25, -0.2) is 4.98 Å². The van der Waals surface area contributed by atoms with Crippen LogP contribution in [0.25, 0.3) is 6.08 Å². The molecule has 5 nitrogen and oxygen atoms in total. The third-order valence-electron chi connectivity index (χ3n) is 3.10. The minimum absolute atomic E-state index is 0.691. The smallest absolute Gasteiger partial charge is 0.224 e. The number of aryl methyl sites for hydroxylation is 1. The Morgan fingerprint density at radius 3 is 2.90 bits per heavy atom. The summed E-state index contributed by atoms with van der Waals surface area (Å²) in [6.07, 6.45) is 2.11. The van der Waals surface area contributed by atoms with Gasteiger partial charge in [0.05, 0.1) is 18.8 Å². The standard InChI is InChI=1S/C14H21BrN4O/c1-4-16-14-17-10(3)12-8-11(15)9-19(13(12)18-14)6-7-20-5-2/h8H,4-7,9H2,1-3H3,(H,16,17,18). The molecule has 6 heteroatoms. The molecule has 0 saturated carbocycles. The summed E-state index contributed by atoms with van der Waals surface area (Å²) in [5.41, 5.74) is 2.07. The molecule has 0 radical (unpaired) electrons. The fourth-order valence-electron chi connectivity index (χ4n) is 2.18. The second-order valence-corrected chi connectivity index (χ2v) is 5.63. The van der Waals surface area contributed by atoms with Gasteiger partial charge in [0.2, 0.25) is 5.95 Å². The molecule has 0 fully saturated rings. The highest BCUT2D eigenvalue weighted by Crippen LogP contribution is 2.31. The van der Waals surface area contributed by atoms with Crippen LogP contribution in [0.15, 0.2) is 4.48 Å². The van der Waals surface area contributed by atoms with E-state index in [9.17, 15) is 0 Å². The molecule has 1 aromatic rings. The van der Waals surface area contributed by atoms with Crippen molar-refractivity contribution < 1.29 is 4.74 Å². The summed E-state index contributed by atoms with van der Waals surface area (Å²) < 4.78 is 6.60. The van der Waals surface area contributed by atoms with Crippen molar-refractivity contribution in [3.8, 4) is 0 Å². The summed E-state index contributed by atoms with van der Waals surface area (Å²) in [5.74, 6) is 1.67. The minimum Gasteiger partial charge on any atom is -0.380 e. The van der Waals surface area contributed by atoms with Crippen LogP contribution in [0.2, 0.25) is 0 Å². The average molecular weight is 341 g/mol. The molecule has 0 saturated heterocycles. The highest BCUT2D eigenvalue weighted by atomic mass is 79.9. The van der Waals surface area contributed by atoms with Crippen LogP contribution in [0.5, 0.6) is 0 Å². The summed E-state index contributed by atoms with van der Waals surface area (Å²) in [6, 6.07) is 0. The Kier molecular flexibility index (Phi) is 5.37. The molecule has 0 aliphatic carbocycles. The summed E-state index contributed by atoms with van der Waals surface area (Å²) in [6.45, 7) is 9.98. The molecular weight excluding hydrogens is 320 g/mol. The van der Waals surface area contributed by atoms with Gasteiger partial charge in [-0.15, -0.1) is 0 Å². The van der Waals surface area contributed by atoms with Crippen LogP contribution >= 0.6 is 15.9 Å². The largest absolute Gasteiger partial charge is 0.380 e. The maximum absolute atomic E-state index is 5.46. The average Bonchev–Trinajstić information content (AvgIpc) is 2.41. The number of nitrogens with one attached hydrogen (secondary N) is 1. The van der Waals surface area contributed by atoms with Crippen molar-refractivity contribution in [1.82, 2.24) is 9.97 Å². The van der Waals surface area contributed by atoms with Crippen molar-refractivity contribution in [3.05, 3.63) is 15.7 Å². The normalized spacial score (nSPS) is 14.0. The maximum atomic E-state index is 5.46. The quantitative estimate of drug-likeness (QED) is 0.807. The third kappa shape index (κ3) is 3.49. The number of hydrogen-bond donors (Lipinski definition) is 1. The summed E-state index contributed by atoms with van der Waals surface area (Å²) in [4.78, 5) is 11.4. The first-order chi connectivity index (χ1) is 9.65. The van der Waals surface area contributed by atoms with Crippen LogP contribution < -0.4 is 10.2 Å². The minimum atomic E-state index is 0.691. The van der Waals surface area contributed by atoms with Gasteiger partial charge >= 0.3 is 0 Å². The lowest BCUT2D eigenvalue weighted by atomic mass is 10.1. The van der Waals surface area contributed by atoms with Gasteiger partial charge in [-0.05, 0) is 26.8 Å². The van der Waals surface area contributed by atoms with Gasteiger partial charge in [0, 0.05) is 29.7 Å². The van der Waals surface area contributed by atoms with E-state index in [0.717, 1.165) is 47.8 Å². The fraction of sp³-hybridized carbons (Fsp3) is 0.571. The van der Waals surface area contributed by atoms with Crippen LogP contribution in [0.3, 0.4) is 0 Å². The maximum Gasteiger partial charge on any atom is 0.224 e. The van der Waals surface area contributed by atoms with Gasteiger partial charge in [-0.3, -0.25) is 0 Å². The summed E-state index contributed by atoms with van der Waals surface area (Å²) >= 11 is 3.60. The highest BCUT2D eigenvalue weighted by molar-refractivity contribution is 9.11.